The molecule has 0 saturated carbocycles. The molecule has 1 amide bonds. The van der Waals surface area contributed by atoms with Crippen molar-refractivity contribution >= 4 is 17.5 Å². The predicted octanol–water partition coefficient (Wildman–Crippen LogP) is 5.29. The van der Waals surface area contributed by atoms with Gasteiger partial charge in [-0.3, -0.25) is 9.69 Å². The van der Waals surface area contributed by atoms with Crippen LogP contribution in [0.15, 0.2) is 42.5 Å². The minimum Gasteiger partial charge on any atom is -0.477 e. The Kier molecular flexibility index (Phi) is 7.37. The maximum absolute atomic E-state index is 12.8. The van der Waals surface area contributed by atoms with Gasteiger partial charge in [0.05, 0.1) is 12.3 Å². The summed E-state index contributed by atoms with van der Waals surface area (Å²) >= 11 is 5.96. The highest BCUT2D eigenvalue weighted by molar-refractivity contribution is 6.30. The van der Waals surface area contributed by atoms with Crippen molar-refractivity contribution in [3.63, 3.8) is 0 Å². The molecule has 5 nitrogen and oxygen atoms in total. The minimum absolute atomic E-state index is 0.125. The number of rotatable bonds is 6. The zero-order valence-electron chi connectivity index (χ0n) is 19.2. The van der Waals surface area contributed by atoms with Crippen LogP contribution in [-0.4, -0.2) is 53.5 Å². The number of carbonyl (C=O) groups is 1. The third-order valence-electron chi connectivity index (χ3n) is 6.85. The third kappa shape index (κ3) is 5.81. The first-order valence-electron chi connectivity index (χ1n) is 11.8. The molecule has 1 spiro atoms. The first kappa shape index (κ1) is 23.1. The van der Waals surface area contributed by atoms with E-state index in [4.69, 9.17) is 21.3 Å². The van der Waals surface area contributed by atoms with E-state index in [2.05, 4.69) is 24.8 Å². The molecule has 3 heterocycles. The van der Waals surface area contributed by atoms with E-state index in [0.29, 0.717) is 23.0 Å². The summed E-state index contributed by atoms with van der Waals surface area (Å²) in [6.45, 7) is 9.72. The van der Waals surface area contributed by atoms with E-state index in [1.54, 1.807) is 12.1 Å². The van der Waals surface area contributed by atoms with E-state index < -0.39 is 0 Å². The Labute approximate surface area is 196 Å². The zero-order valence-corrected chi connectivity index (χ0v) is 20.0. The van der Waals surface area contributed by atoms with Crippen LogP contribution in [0.4, 0.5) is 0 Å². The Morgan fingerprint density at radius 2 is 1.69 bits per heavy atom. The van der Waals surface area contributed by atoms with Crippen LogP contribution < -0.4 is 4.74 Å². The third-order valence-corrected chi connectivity index (χ3v) is 7.10. The number of carbonyl (C=O) groups excluding carboxylic acids is 1. The van der Waals surface area contributed by atoms with E-state index in [1.807, 2.05) is 29.2 Å². The van der Waals surface area contributed by atoms with Crippen molar-refractivity contribution in [2.24, 2.45) is 11.3 Å². The van der Waals surface area contributed by atoms with Crippen LogP contribution in [0.3, 0.4) is 0 Å². The van der Waals surface area contributed by atoms with Crippen LogP contribution in [0.25, 0.3) is 0 Å². The summed E-state index contributed by atoms with van der Waals surface area (Å²) in [5.41, 5.74) is 2.18. The Balaban J connectivity index is 1.26. The molecule has 2 saturated heterocycles. The Morgan fingerprint density at radius 3 is 2.34 bits per heavy atom. The zero-order chi connectivity index (χ0) is 22.6. The quantitative estimate of drug-likeness (QED) is 0.593. The lowest BCUT2D eigenvalue weighted by Gasteiger charge is -2.47. The van der Waals surface area contributed by atoms with E-state index in [-0.39, 0.29) is 5.91 Å². The molecule has 0 bridgehead atoms. The van der Waals surface area contributed by atoms with Crippen LogP contribution >= 0.6 is 11.6 Å². The van der Waals surface area contributed by atoms with Gasteiger partial charge in [-0.25, -0.2) is 4.98 Å². The van der Waals surface area contributed by atoms with Crippen LogP contribution in [0.1, 0.15) is 55.6 Å². The fourth-order valence-corrected chi connectivity index (χ4v) is 4.88. The second-order valence-electron chi connectivity index (χ2n) is 9.75. The second kappa shape index (κ2) is 10.2. The van der Waals surface area contributed by atoms with Crippen LogP contribution in [0.2, 0.25) is 5.02 Å². The molecule has 2 aliphatic heterocycles. The lowest BCUT2D eigenvalue weighted by atomic mass is 9.71. The van der Waals surface area contributed by atoms with E-state index in [9.17, 15) is 4.79 Å². The van der Waals surface area contributed by atoms with Crippen LogP contribution in [-0.2, 0) is 6.54 Å². The largest absolute Gasteiger partial charge is 0.477 e. The number of likely N-dealkylation sites (tertiary alicyclic amines) is 2. The van der Waals surface area contributed by atoms with E-state index >= 15 is 0 Å². The number of halogens is 1. The summed E-state index contributed by atoms with van der Waals surface area (Å²) in [6, 6.07) is 13.3. The van der Waals surface area contributed by atoms with Crippen molar-refractivity contribution in [3.05, 3.63) is 58.7 Å². The molecule has 2 fully saturated rings. The molecule has 2 aromatic rings. The van der Waals surface area contributed by atoms with E-state index in [0.717, 1.165) is 62.7 Å². The minimum atomic E-state index is 0.125. The molecular weight excluding hydrogens is 422 g/mol. The second-order valence-corrected chi connectivity index (χ2v) is 10.2. The SMILES string of the molecule is CC(C)COc1cccc(CN2CCC3(CC2)CCN(C(=O)c2ccc(Cl)cc2)CC3)n1. The van der Waals surface area contributed by atoms with Gasteiger partial charge in [0.1, 0.15) is 0 Å². The molecule has 1 aromatic heterocycles. The number of pyridine rings is 1. The monoisotopic (exact) mass is 455 g/mol. The van der Waals surface area contributed by atoms with Gasteiger partial charge >= 0.3 is 0 Å². The Morgan fingerprint density at radius 1 is 1.03 bits per heavy atom. The van der Waals surface area contributed by atoms with Crippen molar-refractivity contribution < 1.29 is 9.53 Å². The highest BCUT2D eigenvalue weighted by atomic mass is 35.5. The molecule has 32 heavy (non-hydrogen) atoms. The Bertz CT molecular complexity index is 898. The summed E-state index contributed by atoms with van der Waals surface area (Å²) in [7, 11) is 0. The molecule has 2 aliphatic rings. The molecule has 0 unspecified atom stereocenters. The Hall–Kier alpha value is -2.11. The highest BCUT2D eigenvalue weighted by Gasteiger charge is 2.38. The van der Waals surface area contributed by atoms with Gasteiger partial charge in [0, 0.05) is 36.3 Å². The van der Waals surface area contributed by atoms with Gasteiger partial charge in [0.25, 0.3) is 5.91 Å². The van der Waals surface area contributed by atoms with Gasteiger partial charge in [0.15, 0.2) is 0 Å². The van der Waals surface area contributed by atoms with Crippen molar-refractivity contribution in [1.82, 2.24) is 14.8 Å². The fraction of sp³-hybridized carbons (Fsp3) is 0.538. The van der Waals surface area contributed by atoms with Gasteiger partial charge in [-0.2, -0.15) is 0 Å². The summed E-state index contributed by atoms with van der Waals surface area (Å²) < 4.78 is 5.79. The number of nitrogens with zero attached hydrogens (tertiary/aromatic N) is 3. The van der Waals surface area contributed by atoms with Crippen molar-refractivity contribution in [2.75, 3.05) is 32.8 Å². The molecule has 1 aromatic carbocycles. The normalized spacial score (nSPS) is 18.8. The lowest BCUT2D eigenvalue weighted by Crippen LogP contribution is -2.48. The molecule has 6 heteroatoms. The van der Waals surface area contributed by atoms with Crippen molar-refractivity contribution in [1.29, 1.82) is 0 Å². The average molecular weight is 456 g/mol. The summed E-state index contributed by atoms with van der Waals surface area (Å²) in [5, 5.41) is 0.663. The first-order valence-corrected chi connectivity index (χ1v) is 12.2. The molecule has 4 rings (SSSR count). The van der Waals surface area contributed by atoms with Crippen molar-refractivity contribution in [2.45, 2.75) is 46.1 Å². The molecule has 0 aliphatic carbocycles. The van der Waals surface area contributed by atoms with Gasteiger partial charge in [-0.05, 0) is 80.4 Å². The fourth-order valence-electron chi connectivity index (χ4n) is 4.75. The van der Waals surface area contributed by atoms with Gasteiger partial charge in [0.2, 0.25) is 5.88 Å². The average Bonchev–Trinajstić information content (AvgIpc) is 2.80. The molecular formula is C26H34ClN3O2. The van der Waals surface area contributed by atoms with Crippen LogP contribution in [0, 0.1) is 11.3 Å². The number of amides is 1. The summed E-state index contributed by atoms with van der Waals surface area (Å²) in [6.07, 6.45) is 4.58. The standard InChI is InChI=1S/C26H34ClN3O2/c1-20(2)19-32-24-5-3-4-23(28-24)18-29-14-10-26(11-15-29)12-16-30(17-13-26)25(31)21-6-8-22(27)9-7-21/h3-9,20H,10-19H2,1-2H3. The number of aromatic nitrogens is 1. The molecule has 172 valence electrons. The number of ether oxygens (including phenoxy) is 1. The number of benzene rings is 1. The smallest absolute Gasteiger partial charge is 0.253 e. The highest BCUT2D eigenvalue weighted by Crippen LogP contribution is 2.41. The number of piperidine rings is 2. The maximum Gasteiger partial charge on any atom is 0.253 e. The van der Waals surface area contributed by atoms with Crippen molar-refractivity contribution in [3.8, 4) is 5.88 Å². The van der Waals surface area contributed by atoms with Gasteiger partial charge in [-0.15, -0.1) is 0 Å². The van der Waals surface area contributed by atoms with Crippen LogP contribution in [0.5, 0.6) is 5.88 Å². The van der Waals surface area contributed by atoms with E-state index in [1.165, 1.54) is 12.8 Å². The topological polar surface area (TPSA) is 45.7 Å². The number of hydrogen-bond donors (Lipinski definition) is 0. The summed E-state index contributed by atoms with van der Waals surface area (Å²) in [5.74, 6) is 1.34. The maximum atomic E-state index is 12.8. The van der Waals surface area contributed by atoms with Gasteiger partial charge < -0.3 is 9.64 Å². The molecule has 0 radical (unpaired) electrons. The molecule has 0 N–H and O–H groups in total. The molecule has 0 atom stereocenters. The van der Waals surface area contributed by atoms with Gasteiger partial charge in [-0.1, -0.05) is 31.5 Å². The first-order chi connectivity index (χ1) is 15.4. The predicted molar refractivity (Wildman–Crippen MR) is 128 cm³/mol. The lowest BCUT2D eigenvalue weighted by molar-refractivity contribution is 0.0282. The summed E-state index contributed by atoms with van der Waals surface area (Å²) in [4.78, 5) is 22.0. The number of hydrogen-bond acceptors (Lipinski definition) is 4.